The van der Waals surface area contributed by atoms with Gasteiger partial charge in [0.1, 0.15) is 5.69 Å². The van der Waals surface area contributed by atoms with Gasteiger partial charge in [0, 0.05) is 13.1 Å². The Hall–Kier alpha value is -3.42. The summed E-state index contributed by atoms with van der Waals surface area (Å²) in [6, 6.07) is 8.95. The summed E-state index contributed by atoms with van der Waals surface area (Å²) in [5.41, 5.74) is 0.541. The summed E-state index contributed by atoms with van der Waals surface area (Å²) < 4.78 is 0.970. The Morgan fingerprint density at radius 3 is 2.22 bits per heavy atom. The molecular formula is C15H9N5O3. The maximum absolute atomic E-state index is 12.5. The van der Waals surface area contributed by atoms with Crippen LogP contribution in [0.2, 0.25) is 0 Å². The van der Waals surface area contributed by atoms with Gasteiger partial charge in [-0.2, -0.15) is 9.90 Å². The molecule has 0 bridgehead atoms. The lowest BCUT2D eigenvalue weighted by atomic mass is 9.97. The molecule has 23 heavy (non-hydrogen) atoms. The quantitative estimate of drug-likeness (QED) is 0.518. The molecule has 3 aromatic rings. The normalized spacial score (nSPS) is 12.9. The topological polar surface area (TPSA) is 99.7 Å². The number of nitrogens with zero attached hydrogens (tertiary/aromatic N) is 5. The second-order valence-corrected chi connectivity index (χ2v) is 5.04. The Morgan fingerprint density at radius 2 is 1.57 bits per heavy atom. The van der Waals surface area contributed by atoms with Crippen molar-refractivity contribution in [2.24, 2.45) is 0 Å². The minimum Gasteiger partial charge on any atom is -0.287 e. The van der Waals surface area contributed by atoms with Crippen LogP contribution in [0.3, 0.4) is 0 Å². The zero-order valence-electron chi connectivity index (χ0n) is 11.9. The van der Waals surface area contributed by atoms with Crippen LogP contribution < -0.4 is 0 Å². The number of hydrogen-bond acceptors (Lipinski definition) is 6. The van der Waals surface area contributed by atoms with Crippen molar-refractivity contribution in [2.45, 2.75) is 6.92 Å². The van der Waals surface area contributed by atoms with E-state index in [4.69, 9.17) is 0 Å². The third kappa shape index (κ3) is 1.85. The van der Waals surface area contributed by atoms with Crippen molar-refractivity contribution in [3.05, 3.63) is 59.2 Å². The Kier molecular flexibility index (Phi) is 2.61. The first kappa shape index (κ1) is 13.3. The molecule has 0 atom stereocenters. The van der Waals surface area contributed by atoms with Gasteiger partial charge in [-0.15, -0.1) is 10.2 Å². The monoisotopic (exact) mass is 307 g/mol. The molecule has 0 aliphatic heterocycles. The van der Waals surface area contributed by atoms with Crippen LogP contribution in [0, 0.1) is 0 Å². The SMILES string of the molecule is CC(=O)n1cc2c(n1)C(=O)c1nn(-c3ccccc3)nc1C2=O. The molecule has 8 nitrogen and oxygen atoms in total. The number of para-hydroxylation sites is 1. The zero-order valence-corrected chi connectivity index (χ0v) is 11.9. The van der Waals surface area contributed by atoms with E-state index in [-0.39, 0.29) is 28.6 Å². The fourth-order valence-corrected chi connectivity index (χ4v) is 2.40. The number of carbonyl (C=O) groups excluding carboxylic acids is 3. The Labute approximate surface area is 129 Å². The van der Waals surface area contributed by atoms with Crippen LogP contribution in [0.1, 0.15) is 44.0 Å². The first-order chi connectivity index (χ1) is 11.1. The first-order valence-electron chi connectivity index (χ1n) is 6.79. The average molecular weight is 307 g/mol. The molecule has 0 spiro atoms. The maximum atomic E-state index is 12.5. The standard InChI is InChI=1S/C15H9N5O3/c1-8(21)19-7-10-11(16-19)15(23)13-12(14(10)22)17-20(18-13)9-5-3-2-4-6-9/h2-7H,1H3. The maximum Gasteiger partial charge on any atom is 0.243 e. The van der Waals surface area contributed by atoms with Crippen molar-refractivity contribution in [3.8, 4) is 5.69 Å². The Balaban J connectivity index is 1.86. The molecule has 2 aromatic heterocycles. The van der Waals surface area contributed by atoms with E-state index in [1.165, 1.54) is 17.9 Å². The highest BCUT2D eigenvalue weighted by Crippen LogP contribution is 2.24. The highest BCUT2D eigenvalue weighted by Gasteiger charge is 2.37. The second-order valence-electron chi connectivity index (χ2n) is 5.04. The highest BCUT2D eigenvalue weighted by molar-refractivity contribution is 6.26. The van der Waals surface area contributed by atoms with Gasteiger partial charge in [-0.3, -0.25) is 14.4 Å². The molecule has 0 saturated carbocycles. The summed E-state index contributed by atoms with van der Waals surface area (Å²) >= 11 is 0. The number of carbonyl (C=O) groups is 3. The summed E-state index contributed by atoms with van der Waals surface area (Å²) in [4.78, 5) is 37.6. The van der Waals surface area contributed by atoms with E-state index in [9.17, 15) is 14.4 Å². The van der Waals surface area contributed by atoms with Gasteiger partial charge in [0.2, 0.25) is 17.5 Å². The molecule has 0 unspecified atom stereocenters. The lowest BCUT2D eigenvalue weighted by molar-refractivity contribution is 0.0920. The molecule has 0 amide bonds. The number of fused-ring (bicyclic) bond motifs is 2. The van der Waals surface area contributed by atoms with Gasteiger partial charge in [-0.1, -0.05) is 18.2 Å². The van der Waals surface area contributed by atoms with Gasteiger partial charge < -0.3 is 0 Å². The van der Waals surface area contributed by atoms with Crippen molar-refractivity contribution in [3.63, 3.8) is 0 Å². The van der Waals surface area contributed by atoms with E-state index in [0.717, 1.165) is 4.68 Å². The molecule has 0 N–H and O–H groups in total. The van der Waals surface area contributed by atoms with Gasteiger partial charge in [-0.05, 0) is 12.1 Å². The fourth-order valence-electron chi connectivity index (χ4n) is 2.40. The van der Waals surface area contributed by atoms with Crippen LogP contribution in [0.4, 0.5) is 0 Å². The number of hydrogen-bond donors (Lipinski definition) is 0. The molecule has 112 valence electrons. The largest absolute Gasteiger partial charge is 0.287 e. The van der Waals surface area contributed by atoms with E-state index in [2.05, 4.69) is 15.3 Å². The lowest BCUT2D eigenvalue weighted by Crippen LogP contribution is -2.20. The van der Waals surface area contributed by atoms with Crippen molar-refractivity contribution in [1.29, 1.82) is 0 Å². The van der Waals surface area contributed by atoms with Gasteiger partial charge in [0.25, 0.3) is 0 Å². The second kappa shape index (κ2) is 4.54. The third-order valence-corrected chi connectivity index (χ3v) is 3.53. The Morgan fingerprint density at radius 1 is 0.913 bits per heavy atom. The smallest absolute Gasteiger partial charge is 0.243 e. The van der Waals surface area contributed by atoms with E-state index in [1.807, 2.05) is 6.07 Å². The van der Waals surface area contributed by atoms with Crippen LogP contribution in [0.25, 0.3) is 5.69 Å². The van der Waals surface area contributed by atoms with Gasteiger partial charge in [0.05, 0.1) is 11.3 Å². The number of aromatic nitrogens is 5. The molecule has 4 rings (SSSR count). The van der Waals surface area contributed by atoms with Crippen LogP contribution in [0.15, 0.2) is 36.5 Å². The molecule has 1 aliphatic carbocycles. The van der Waals surface area contributed by atoms with Crippen LogP contribution in [-0.4, -0.2) is 42.2 Å². The minimum atomic E-state index is -0.517. The van der Waals surface area contributed by atoms with Crippen LogP contribution >= 0.6 is 0 Å². The van der Waals surface area contributed by atoms with E-state index in [1.54, 1.807) is 24.3 Å². The summed E-state index contributed by atoms with van der Waals surface area (Å²) in [6.45, 7) is 1.29. The predicted molar refractivity (Wildman–Crippen MR) is 76.8 cm³/mol. The molecule has 0 saturated heterocycles. The number of benzene rings is 1. The van der Waals surface area contributed by atoms with Gasteiger partial charge in [-0.25, -0.2) is 4.68 Å². The van der Waals surface area contributed by atoms with Crippen molar-refractivity contribution in [2.75, 3.05) is 0 Å². The molecular weight excluding hydrogens is 298 g/mol. The summed E-state index contributed by atoms with van der Waals surface area (Å²) in [5, 5.41) is 12.1. The minimum absolute atomic E-state index is 0.0329. The molecule has 0 radical (unpaired) electrons. The average Bonchev–Trinajstić information content (AvgIpc) is 3.19. The molecule has 1 aromatic carbocycles. The zero-order chi connectivity index (χ0) is 16.1. The highest BCUT2D eigenvalue weighted by atomic mass is 16.2. The van der Waals surface area contributed by atoms with Gasteiger partial charge in [0.15, 0.2) is 11.4 Å². The van der Waals surface area contributed by atoms with Crippen molar-refractivity contribution >= 4 is 17.5 Å². The van der Waals surface area contributed by atoms with Crippen molar-refractivity contribution in [1.82, 2.24) is 24.8 Å². The molecule has 8 heteroatoms. The first-order valence-corrected chi connectivity index (χ1v) is 6.79. The Bertz CT molecular complexity index is 933. The molecule has 1 aliphatic rings. The summed E-state index contributed by atoms with van der Waals surface area (Å²) in [5.74, 6) is -1.37. The molecule has 0 fully saturated rings. The van der Waals surface area contributed by atoms with Crippen LogP contribution in [-0.2, 0) is 0 Å². The predicted octanol–water partition coefficient (Wildman–Crippen LogP) is 0.899. The number of ketones is 2. The molecule has 2 heterocycles. The van der Waals surface area contributed by atoms with E-state index < -0.39 is 11.6 Å². The lowest BCUT2D eigenvalue weighted by Gasteiger charge is -2.03. The summed E-state index contributed by atoms with van der Waals surface area (Å²) in [6.07, 6.45) is 1.25. The van der Waals surface area contributed by atoms with Crippen molar-refractivity contribution < 1.29 is 14.4 Å². The third-order valence-electron chi connectivity index (χ3n) is 3.53. The summed E-state index contributed by atoms with van der Waals surface area (Å²) in [7, 11) is 0. The van der Waals surface area contributed by atoms with Crippen LogP contribution in [0.5, 0.6) is 0 Å². The number of rotatable bonds is 1. The van der Waals surface area contributed by atoms with Gasteiger partial charge >= 0.3 is 0 Å². The van der Waals surface area contributed by atoms with E-state index >= 15 is 0 Å². The fraction of sp³-hybridized carbons (Fsp3) is 0.0667. The van der Waals surface area contributed by atoms with E-state index in [0.29, 0.717) is 5.69 Å².